The van der Waals surface area contributed by atoms with Crippen LogP contribution >= 0.6 is 23.2 Å². The molecule has 1 aromatic carbocycles. The minimum absolute atomic E-state index is 0.305. The second-order valence-corrected chi connectivity index (χ2v) is 5.67. The van der Waals surface area contributed by atoms with E-state index >= 15 is 0 Å². The van der Waals surface area contributed by atoms with Gasteiger partial charge in [0.2, 0.25) is 0 Å². The number of carboxylic acid groups (broad SMARTS) is 1. The lowest BCUT2D eigenvalue weighted by molar-refractivity contribution is -0.140. The second-order valence-electron chi connectivity index (χ2n) is 4.91. The smallest absolute Gasteiger partial charge is 0.328 e. The average molecular weight is 363 g/mol. The van der Waals surface area contributed by atoms with Crippen LogP contribution in [-0.4, -0.2) is 59.6 Å². The number of carboxylic acids is 1. The minimum Gasteiger partial charge on any atom is -0.480 e. The highest BCUT2D eigenvalue weighted by Gasteiger charge is 2.20. The molecule has 1 rings (SSSR count). The lowest BCUT2D eigenvalue weighted by atomic mass is 10.1. The number of halogens is 2. The maximum atomic E-state index is 12.2. The summed E-state index contributed by atoms with van der Waals surface area (Å²) in [5, 5.41) is 20.1. The Morgan fingerprint density at radius 2 is 1.87 bits per heavy atom. The van der Waals surface area contributed by atoms with E-state index < -0.39 is 24.5 Å². The molecule has 0 spiro atoms. The SMILES string of the molecule is Cc1ccc(C(=O)N[C@@H](CO)C(=O)O)cc1N(CCCl)CCCl. The zero-order valence-electron chi connectivity index (χ0n) is 12.8. The van der Waals surface area contributed by atoms with E-state index in [1.165, 1.54) is 0 Å². The first-order valence-corrected chi connectivity index (χ1v) is 8.13. The van der Waals surface area contributed by atoms with Crippen LogP contribution in [0.3, 0.4) is 0 Å². The first-order chi connectivity index (χ1) is 10.9. The van der Waals surface area contributed by atoms with Gasteiger partial charge in [0, 0.05) is 36.1 Å². The Balaban J connectivity index is 3.03. The predicted molar refractivity (Wildman–Crippen MR) is 90.8 cm³/mol. The van der Waals surface area contributed by atoms with E-state index in [9.17, 15) is 9.59 Å². The van der Waals surface area contributed by atoms with Gasteiger partial charge in [-0.05, 0) is 24.6 Å². The molecular weight excluding hydrogens is 343 g/mol. The molecule has 0 saturated carbocycles. The number of carbonyl (C=O) groups excluding carboxylic acids is 1. The quantitative estimate of drug-likeness (QED) is 0.578. The Labute approximate surface area is 145 Å². The summed E-state index contributed by atoms with van der Waals surface area (Å²) in [6.07, 6.45) is 0. The summed E-state index contributed by atoms with van der Waals surface area (Å²) in [4.78, 5) is 25.0. The Bertz CT molecular complexity index is 548. The number of rotatable bonds is 9. The van der Waals surface area contributed by atoms with Crippen LogP contribution in [-0.2, 0) is 4.79 Å². The number of amides is 1. The lowest BCUT2D eigenvalue weighted by Gasteiger charge is -2.25. The number of aliphatic carboxylic acids is 1. The van der Waals surface area contributed by atoms with Crippen molar-refractivity contribution in [2.75, 3.05) is 36.4 Å². The average Bonchev–Trinajstić information content (AvgIpc) is 2.52. The fraction of sp³-hybridized carbons (Fsp3) is 0.467. The van der Waals surface area contributed by atoms with Gasteiger partial charge >= 0.3 is 5.97 Å². The van der Waals surface area contributed by atoms with Crippen molar-refractivity contribution in [1.82, 2.24) is 5.32 Å². The highest BCUT2D eigenvalue weighted by molar-refractivity contribution is 6.18. The van der Waals surface area contributed by atoms with Crippen molar-refractivity contribution in [3.05, 3.63) is 29.3 Å². The molecule has 128 valence electrons. The molecule has 1 amide bonds. The third-order valence-corrected chi connectivity index (χ3v) is 3.64. The number of aliphatic hydroxyl groups is 1. The number of hydrogen-bond donors (Lipinski definition) is 3. The van der Waals surface area contributed by atoms with Crippen LogP contribution in [0.2, 0.25) is 0 Å². The van der Waals surface area contributed by atoms with Crippen LogP contribution in [0.1, 0.15) is 15.9 Å². The van der Waals surface area contributed by atoms with Gasteiger partial charge in [0.05, 0.1) is 6.61 Å². The highest BCUT2D eigenvalue weighted by Crippen LogP contribution is 2.22. The van der Waals surface area contributed by atoms with Gasteiger partial charge in [-0.3, -0.25) is 4.79 Å². The summed E-state index contributed by atoms with van der Waals surface area (Å²) in [6.45, 7) is 2.38. The number of carbonyl (C=O) groups is 2. The van der Waals surface area contributed by atoms with Crippen LogP contribution in [0.5, 0.6) is 0 Å². The van der Waals surface area contributed by atoms with Crippen molar-refractivity contribution in [3.8, 4) is 0 Å². The van der Waals surface area contributed by atoms with Gasteiger partial charge in [0.1, 0.15) is 0 Å². The van der Waals surface area contributed by atoms with Crippen LogP contribution < -0.4 is 10.2 Å². The fourth-order valence-electron chi connectivity index (χ4n) is 2.08. The molecule has 0 radical (unpaired) electrons. The molecule has 8 heteroatoms. The topological polar surface area (TPSA) is 89.9 Å². The van der Waals surface area contributed by atoms with Gasteiger partial charge in [0.15, 0.2) is 6.04 Å². The molecule has 0 aliphatic heterocycles. The van der Waals surface area contributed by atoms with Gasteiger partial charge < -0.3 is 20.4 Å². The number of anilines is 1. The van der Waals surface area contributed by atoms with Crippen molar-refractivity contribution in [2.45, 2.75) is 13.0 Å². The maximum Gasteiger partial charge on any atom is 0.328 e. The molecule has 1 atom stereocenters. The summed E-state index contributed by atoms with van der Waals surface area (Å²) >= 11 is 11.6. The molecule has 3 N–H and O–H groups in total. The number of nitrogens with one attached hydrogen (secondary N) is 1. The first-order valence-electron chi connectivity index (χ1n) is 7.06. The van der Waals surface area contributed by atoms with Crippen molar-refractivity contribution in [2.24, 2.45) is 0 Å². The molecule has 0 aliphatic rings. The van der Waals surface area contributed by atoms with E-state index in [0.29, 0.717) is 30.4 Å². The van der Waals surface area contributed by atoms with Crippen molar-refractivity contribution < 1.29 is 19.8 Å². The zero-order chi connectivity index (χ0) is 17.4. The molecule has 0 heterocycles. The lowest BCUT2D eigenvalue weighted by Crippen LogP contribution is -2.43. The summed E-state index contributed by atoms with van der Waals surface area (Å²) in [5.41, 5.74) is 2.07. The van der Waals surface area contributed by atoms with E-state index in [1.54, 1.807) is 18.2 Å². The molecule has 23 heavy (non-hydrogen) atoms. The summed E-state index contributed by atoms with van der Waals surface area (Å²) < 4.78 is 0. The van der Waals surface area contributed by atoms with E-state index in [1.807, 2.05) is 11.8 Å². The van der Waals surface area contributed by atoms with Gasteiger partial charge in [-0.25, -0.2) is 4.79 Å². The van der Waals surface area contributed by atoms with E-state index in [4.69, 9.17) is 33.4 Å². The molecule has 0 aromatic heterocycles. The third-order valence-electron chi connectivity index (χ3n) is 3.31. The van der Waals surface area contributed by atoms with Crippen LogP contribution in [0.15, 0.2) is 18.2 Å². The Morgan fingerprint density at radius 1 is 1.26 bits per heavy atom. The minimum atomic E-state index is -1.34. The number of alkyl halides is 2. The van der Waals surface area contributed by atoms with E-state index in [0.717, 1.165) is 11.3 Å². The standard InChI is InChI=1S/C15H20Cl2N2O4/c1-10-2-3-11(14(21)18-12(9-20)15(22)23)8-13(10)19(6-4-16)7-5-17/h2-3,8,12,20H,4-7,9H2,1H3,(H,18,21)(H,22,23)/t12-/m0/s1. The van der Waals surface area contributed by atoms with Crippen molar-refractivity contribution in [3.63, 3.8) is 0 Å². The summed E-state index contributed by atoms with van der Waals surface area (Å²) in [6, 6.07) is 3.70. The van der Waals surface area contributed by atoms with Gasteiger partial charge in [-0.2, -0.15) is 0 Å². The van der Waals surface area contributed by atoms with E-state index in [2.05, 4.69) is 5.32 Å². The number of aliphatic hydroxyl groups excluding tert-OH is 1. The molecule has 0 fully saturated rings. The zero-order valence-corrected chi connectivity index (χ0v) is 14.3. The first kappa shape index (κ1) is 19.5. The molecule has 0 aliphatic carbocycles. The third kappa shape index (κ3) is 5.57. The van der Waals surface area contributed by atoms with Gasteiger partial charge in [-0.15, -0.1) is 23.2 Å². The van der Waals surface area contributed by atoms with Gasteiger partial charge in [0.25, 0.3) is 5.91 Å². The Hall–Kier alpha value is -1.50. The highest BCUT2D eigenvalue weighted by atomic mass is 35.5. The molecular formula is C15H20Cl2N2O4. The van der Waals surface area contributed by atoms with Crippen molar-refractivity contribution in [1.29, 1.82) is 0 Å². The summed E-state index contributed by atoms with van der Waals surface area (Å²) in [7, 11) is 0. The largest absolute Gasteiger partial charge is 0.480 e. The fourth-order valence-corrected chi connectivity index (χ4v) is 2.48. The number of hydrogen-bond acceptors (Lipinski definition) is 4. The van der Waals surface area contributed by atoms with E-state index in [-0.39, 0.29) is 0 Å². The normalized spacial score (nSPS) is 11.8. The maximum absolute atomic E-state index is 12.2. The van der Waals surface area contributed by atoms with Gasteiger partial charge in [-0.1, -0.05) is 6.07 Å². The summed E-state index contributed by atoms with van der Waals surface area (Å²) in [5.74, 6) is -1.03. The molecule has 6 nitrogen and oxygen atoms in total. The number of nitrogens with zero attached hydrogens (tertiary/aromatic N) is 1. The Kier molecular flexibility index (Phi) is 8.16. The molecule has 0 saturated heterocycles. The number of aryl methyl sites for hydroxylation is 1. The predicted octanol–water partition coefficient (Wildman–Crippen LogP) is 1.45. The number of benzene rings is 1. The Morgan fingerprint density at radius 3 is 2.35 bits per heavy atom. The van der Waals surface area contributed by atoms with Crippen molar-refractivity contribution >= 4 is 40.8 Å². The van der Waals surface area contributed by atoms with Crippen LogP contribution in [0.4, 0.5) is 5.69 Å². The molecule has 0 bridgehead atoms. The molecule has 0 unspecified atom stereocenters. The van der Waals surface area contributed by atoms with Crippen LogP contribution in [0, 0.1) is 6.92 Å². The second kappa shape index (κ2) is 9.60. The van der Waals surface area contributed by atoms with Crippen LogP contribution in [0.25, 0.3) is 0 Å². The molecule has 1 aromatic rings. The monoisotopic (exact) mass is 362 g/mol.